The van der Waals surface area contributed by atoms with E-state index in [0.717, 1.165) is 5.56 Å². The van der Waals surface area contributed by atoms with Crippen LogP contribution in [0.2, 0.25) is 0 Å². The third-order valence-electron chi connectivity index (χ3n) is 3.56. The zero-order valence-corrected chi connectivity index (χ0v) is 14.9. The second kappa shape index (κ2) is 6.06. The van der Waals surface area contributed by atoms with Crippen molar-refractivity contribution in [2.75, 3.05) is 17.1 Å². The lowest BCUT2D eigenvalue weighted by Gasteiger charge is -2.26. The number of nitrogens with one attached hydrogen (secondary N) is 2. The van der Waals surface area contributed by atoms with Crippen LogP contribution in [0.1, 0.15) is 5.56 Å². The Morgan fingerprint density at radius 2 is 2.04 bits per heavy atom. The van der Waals surface area contributed by atoms with Crippen molar-refractivity contribution >= 4 is 43.4 Å². The molecule has 0 unspecified atom stereocenters. The molecule has 0 saturated heterocycles. The highest BCUT2D eigenvalue weighted by atomic mass is 79.9. The minimum atomic E-state index is -4.07. The van der Waals surface area contributed by atoms with Gasteiger partial charge in [0, 0.05) is 25.0 Å². The lowest BCUT2D eigenvalue weighted by atomic mass is 10.1. The molecule has 0 fully saturated rings. The number of hydrogen-bond acceptors (Lipinski definition) is 3. The summed E-state index contributed by atoms with van der Waals surface area (Å²) in [6.07, 6.45) is 0. The van der Waals surface area contributed by atoms with Crippen molar-refractivity contribution in [2.24, 2.45) is 0 Å². The summed E-state index contributed by atoms with van der Waals surface area (Å²) in [6.45, 7) is 0.349. The van der Waals surface area contributed by atoms with Crippen LogP contribution in [0.5, 0.6) is 0 Å². The maximum absolute atomic E-state index is 14.0. The highest BCUT2D eigenvalue weighted by molar-refractivity contribution is 9.10. The molecule has 0 saturated carbocycles. The summed E-state index contributed by atoms with van der Waals surface area (Å²) in [5, 5.41) is 2.69. The maximum Gasteiger partial charge on any atom is 0.321 e. The van der Waals surface area contributed by atoms with Crippen LogP contribution in [0.15, 0.2) is 45.8 Å². The van der Waals surface area contributed by atoms with Crippen LogP contribution in [0, 0.1) is 5.82 Å². The Morgan fingerprint density at radius 3 is 2.79 bits per heavy atom. The molecule has 0 bridgehead atoms. The van der Waals surface area contributed by atoms with E-state index in [0.29, 0.717) is 12.2 Å². The minimum Gasteiger partial charge on any atom is -0.323 e. The number of halogens is 2. The Kier molecular flexibility index (Phi) is 4.22. The predicted molar refractivity (Wildman–Crippen MR) is 91.8 cm³/mol. The largest absolute Gasteiger partial charge is 0.323 e. The van der Waals surface area contributed by atoms with E-state index in [1.165, 1.54) is 29.2 Å². The Labute approximate surface area is 146 Å². The van der Waals surface area contributed by atoms with Gasteiger partial charge in [0.2, 0.25) is 0 Å². The molecule has 1 aliphatic heterocycles. The van der Waals surface area contributed by atoms with E-state index in [1.807, 2.05) is 0 Å². The summed E-state index contributed by atoms with van der Waals surface area (Å²) in [6, 6.07) is 8.55. The topological polar surface area (TPSA) is 78.5 Å². The molecule has 6 nitrogen and oxygen atoms in total. The van der Waals surface area contributed by atoms with Gasteiger partial charge in [-0.2, -0.15) is 0 Å². The fourth-order valence-electron chi connectivity index (χ4n) is 2.35. The molecule has 2 amide bonds. The standard InChI is InChI=1S/C15H13BrFN3O3S/c1-20-8-9-7-10(5-6-12(9)18-15(20)21)19-24(22,23)13-4-2-3-11(16)14(13)17/h2-7,19H,8H2,1H3,(H,18,21). The quantitative estimate of drug-likeness (QED) is 0.809. The highest BCUT2D eigenvalue weighted by Gasteiger charge is 2.23. The second-order valence-corrected chi connectivity index (χ2v) is 7.82. The van der Waals surface area contributed by atoms with Gasteiger partial charge in [0.05, 0.1) is 4.47 Å². The van der Waals surface area contributed by atoms with Crippen LogP contribution in [0.25, 0.3) is 0 Å². The number of fused-ring (bicyclic) bond motifs is 1. The van der Waals surface area contributed by atoms with E-state index in [9.17, 15) is 17.6 Å². The maximum atomic E-state index is 14.0. The van der Waals surface area contributed by atoms with E-state index in [4.69, 9.17) is 0 Å². The summed E-state index contributed by atoms with van der Waals surface area (Å²) in [5.41, 5.74) is 1.67. The number of benzene rings is 2. The summed E-state index contributed by atoms with van der Waals surface area (Å²) in [4.78, 5) is 12.6. The number of carbonyl (C=O) groups excluding carboxylic acids is 1. The van der Waals surface area contributed by atoms with Crippen molar-refractivity contribution in [1.29, 1.82) is 0 Å². The first kappa shape index (κ1) is 16.7. The molecule has 1 heterocycles. The van der Waals surface area contributed by atoms with E-state index in [1.54, 1.807) is 19.2 Å². The molecule has 24 heavy (non-hydrogen) atoms. The fraction of sp³-hybridized carbons (Fsp3) is 0.133. The number of carbonyl (C=O) groups is 1. The Bertz CT molecular complexity index is 934. The average Bonchev–Trinajstić information content (AvgIpc) is 2.51. The van der Waals surface area contributed by atoms with Gasteiger partial charge in [-0.15, -0.1) is 0 Å². The molecular weight excluding hydrogens is 401 g/mol. The van der Waals surface area contributed by atoms with Gasteiger partial charge in [-0.3, -0.25) is 4.72 Å². The molecule has 0 radical (unpaired) electrons. The first-order valence-electron chi connectivity index (χ1n) is 6.90. The SMILES string of the molecule is CN1Cc2cc(NS(=O)(=O)c3cccc(Br)c3F)ccc2NC1=O. The predicted octanol–water partition coefficient (Wildman–Crippen LogP) is 3.37. The molecule has 9 heteroatoms. The van der Waals surface area contributed by atoms with Gasteiger partial charge in [-0.25, -0.2) is 17.6 Å². The Balaban J connectivity index is 1.93. The molecule has 0 aromatic heterocycles. The normalized spacial score (nSPS) is 14.1. The number of sulfonamides is 1. The number of urea groups is 1. The van der Waals surface area contributed by atoms with Crippen LogP contribution in [0.3, 0.4) is 0 Å². The van der Waals surface area contributed by atoms with Gasteiger partial charge in [-0.1, -0.05) is 6.07 Å². The van der Waals surface area contributed by atoms with E-state index < -0.39 is 20.7 Å². The summed E-state index contributed by atoms with van der Waals surface area (Å²) in [7, 11) is -2.44. The van der Waals surface area contributed by atoms with Crippen molar-refractivity contribution in [2.45, 2.75) is 11.4 Å². The van der Waals surface area contributed by atoms with Gasteiger partial charge in [0.15, 0.2) is 5.82 Å². The molecule has 126 valence electrons. The molecular formula is C15H13BrFN3O3S. The van der Waals surface area contributed by atoms with Crippen molar-refractivity contribution < 1.29 is 17.6 Å². The second-order valence-electron chi connectivity index (χ2n) is 5.32. The zero-order chi connectivity index (χ0) is 17.5. The Morgan fingerprint density at radius 1 is 1.29 bits per heavy atom. The number of nitrogens with zero attached hydrogens (tertiary/aromatic N) is 1. The van der Waals surface area contributed by atoms with E-state index >= 15 is 0 Å². The van der Waals surface area contributed by atoms with Crippen molar-refractivity contribution in [1.82, 2.24) is 4.90 Å². The van der Waals surface area contributed by atoms with Crippen molar-refractivity contribution in [3.05, 3.63) is 52.3 Å². The third kappa shape index (κ3) is 3.09. The summed E-state index contributed by atoms with van der Waals surface area (Å²) in [5.74, 6) is -0.852. The monoisotopic (exact) mass is 413 g/mol. The van der Waals surface area contributed by atoms with Gasteiger partial charge in [0.25, 0.3) is 10.0 Å². The smallest absolute Gasteiger partial charge is 0.321 e. The summed E-state index contributed by atoms with van der Waals surface area (Å²) >= 11 is 2.97. The molecule has 2 aromatic rings. The highest BCUT2D eigenvalue weighted by Crippen LogP contribution is 2.28. The molecule has 0 aliphatic carbocycles. The van der Waals surface area contributed by atoms with Crippen LogP contribution < -0.4 is 10.0 Å². The van der Waals surface area contributed by atoms with Crippen LogP contribution in [-0.4, -0.2) is 26.4 Å². The first-order valence-corrected chi connectivity index (χ1v) is 9.17. The van der Waals surface area contributed by atoms with Gasteiger partial charge in [0.1, 0.15) is 4.90 Å². The number of anilines is 2. The zero-order valence-electron chi connectivity index (χ0n) is 12.5. The van der Waals surface area contributed by atoms with E-state index in [2.05, 4.69) is 26.0 Å². The average molecular weight is 414 g/mol. The number of amides is 2. The minimum absolute atomic E-state index is 0.0696. The summed E-state index contributed by atoms with van der Waals surface area (Å²) < 4.78 is 41.3. The van der Waals surface area contributed by atoms with Crippen LogP contribution >= 0.6 is 15.9 Å². The molecule has 0 spiro atoms. The van der Waals surface area contributed by atoms with Gasteiger partial charge < -0.3 is 10.2 Å². The molecule has 0 atom stereocenters. The molecule has 1 aliphatic rings. The molecule has 2 aromatic carbocycles. The van der Waals surface area contributed by atoms with Crippen molar-refractivity contribution in [3.63, 3.8) is 0 Å². The van der Waals surface area contributed by atoms with Crippen LogP contribution in [0.4, 0.5) is 20.6 Å². The third-order valence-corrected chi connectivity index (χ3v) is 5.57. The van der Waals surface area contributed by atoms with E-state index in [-0.39, 0.29) is 16.2 Å². The lowest BCUT2D eigenvalue weighted by Crippen LogP contribution is -2.35. The lowest BCUT2D eigenvalue weighted by molar-refractivity contribution is 0.218. The van der Waals surface area contributed by atoms with Crippen molar-refractivity contribution in [3.8, 4) is 0 Å². The first-order chi connectivity index (χ1) is 11.3. The molecule has 2 N–H and O–H groups in total. The van der Waals surface area contributed by atoms with Gasteiger partial charge in [-0.05, 0) is 51.8 Å². The fourth-order valence-corrected chi connectivity index (χ4v) is 4.00. The van der Waals surface area contributed by atoms with Crippen LogP contribution in [-0.2, 0) is 16.6 Å². The number of rotatable bonds is 3. The van der Waals surface area contributed by atoms with Gasteiger partial charge >= 0.3 is 6.03 Å². The Hall–Kier alpha value is -2.13. The number of hydrogen-bond donors (Lipinski definition) is 2. The molecule has 3 rings (SSSR count).